The summed E-state index contributed by atoms with van der Waals surface area (Å²) >= 11 is 0. The van der Waals surface area contributed by atoms with Crippen molar-refractivity contribution in [3.8, 4) is 0 Å². The molecule has 0 aliphatic carbocycles. The molecule has 40 heavy (non-hydrogen) atoms. The second kappa shape index (κ2) is 28.0. The number of ether oxygens (including phenoxy) is 1. The van der Waals surface area contributed by atoms with Crippen molar-refractivity contribution in [1.82, 2.24) is 0 Å². The van der Waals surface area contributed by atoms with Crippen LogP contribution in [0, 0.1) is 0 Å². The molecule has 1 N–H and O–H groups in total. The quantitative estimate of drug-likeness (QED) is 0.0383. The standard InChI is InChI=1S/C35H68O4Si/c1-5-8-28-40(29-9-6-2,30-10-7-3)31-26-24-22-20-18-16-14-12-11-13-15-17-19-21-23-25-27-39-35(38)33(4)32-34(36)37/h4-32H2,1-3H3,(H,36,37). The summed E-state index contributed by atoms with van der Waals surface area (Å²) in [7, 11) is -1.01. The predicted octanol–water partition coefficient (Wildman–Crippen LogP) is 11.7. The lowest BCUT2D eigenvalue weighted by Gasteiger charge is -2.32. The number of carbonyl (C=O) groups is 2. The van der Waals surface area contributed by atoms with Crippen molar-refractivity contribution in [2.75, 3.05) is 6.61 Å². The SMILES string of the molecule is C=C(CC(=O)O)C(=O)OCCCCCCCCCCCCCCCCCC[Si](CCCC)(CCCC)CCCC. The number of hydrogen-bond donors (Lipinski definition) is 1. The summed E-state index contributed by atoms with van der Waals surface area (Å²) in [6.07, 6.45) is 29.5. The van der Waals surface area contributed by atoms with Gasteiger partial charge in [-0.1, -0.05) is 186 Å². The van der Waals surface area contributed by atoms with Gasteiger partial charge in [-0.25, -0.2) is 4.79 Å². The fourth-order valence-electron chi connectivity index (χ4n) is 6.00. The van der Waals surface area contributed by atoms with Gasteiger partial charge in [-0.2, -0.15) is 0 Å². The van der Waals surface area contributed by atoms with E-state index in [-0.39, 0.29) is 12.0 Å². The third kappa shape index (κ3) is 23.6. The van der Waals surface area contributed by atoms with E-state index in [4.69, 9.17) is 9.84 Å². The van der Waals surface area contributed by atoms with Gasteiger partial charge in [0.1, 0.15) is 0 Å². The minimum atomic E-state index is -1.05. The van der Waals surface area contributed by atoms with Crippen LogP contribution in [0.1, 0.15) is 168 Å². The van der Waals surface area contributed by atoms with E-state index in [1.807, 2.05) is 0 Å². The highest BCUT2D eigenvalue weighted by Crippen LogP contribution is 2.34. The van der Waals surface area contributed by atoms with E-state index >= 15 is 0 Å². The summed E-state index contributed by atoms with van der Waals surface area (Å²) in [6, 6.07) is 6.45. The molecule has 0 aromatic heterocycles. The highest BCUT2D eigenvalue weighted by molar-refractivity contribution is 6.79. The smallest absolute Gasteiger partial charge is 0.333 e. The van der Waals surface area contributed by atoms with Gasteiger partial charge in [0.05, 0.1) is 21.1 Å². The largest absolute Gasteiger partial charge is 0.481 e. The molecule has 0 radical (unpaired) electrons. The minimum absolute atomic E-state index is 0.0172. The third-order valence-electron chi connectivity index (χ3n) is 8.67. The monoisotopic (exact) mass is 580 g/mol. The molecule has 0 aromatic carbocycles. The molecule has 0 heterocycles. The van der Waals surface area contributed by atoms with Crippen LogP contribution in [0.25, 0.3) is 0 Å². The highest BCUT2D eigenvalue weighted by Gasteiger charge is 2.30. The first-order valence-electron chi connectivity index (χ1n) is 17.5. The second-order valence-electron chi connectivity index (χ2n) is 12.5. The van der Waals surface area contributed by atoms with Crippen LogP contribution < -0.4 is 0 Å². The number of aliphatic carboxylic acids is 1. The Kier molecular flexibility index (Phi) is 27.3. The molecule has 0 bridgehead atoms. The molecule has 5 heteroatoms. The van der Waals surface area contributed by atoms with E-state index in [0.29, 0.717) is 6.61 Å². The molecule has 236 valence electrons. The van der Waals surface area contributed by atoms with Crippen LogP contribution in [0.2, 0.25) is 24.2 Å². The number of hydrogen-bond acceptors (Lipinski definition) is 3. The molecule has 0 aliphatic heterocycles. The number of rotatable bonds is 31. The Hall–Kier alpha value is -1.10. The summed E-state index contributed by atoms with van der Waals surface area (Å²) in [5.74, 6) is -1.63. The van der Waals surface area contributed by atoms with Gasteiger partial charge in [-0.3, -0.25) is 4.79 Å². The topological polar surface area (TPSA) is 63.6 Å². The van der Waals surface area contributed by atoms with Crippen LogP contribution in [0.3, 0.4) is 0 Å². The summed E-state index contributed by atoms with van der Waals surface area (Å²) < 4.78 is 5.08. The second-order valence-corrected chi connectivity index (χ2v) is 17.5. The molecule has 0 amide bonds. The van der Waals surface area contributed by atoms with E-state index in [1.165, 1.54) is 128 Å². The maximum absolute atomic E-state index is 11.6. The Bertz CT molecular complexity index is 597. The summed E-state index contributed by atoms with van der Waals surface area (Å²) in [5, 5.41) is 8.66. The van der Waals surface area contributed by atoms with Crippen molar-refractivity contribution in [3.05, 3.63) is 12.2 Å². The van der Waals surface area contributed by atoms with Crippen molar-refractivity contribution in [2.24, 2.45) is 0 Å². The van der Waals surface area contributed by atoms with Gasteiger partial charge in [-0.15, -0.1) is 0 Å². The lowest BCUT2D eigenvalue weighted by molar-refractivity contribution is -0.142. The molecule has 0 aromatic rings. The summed E-state index contributed by atoms with van der Waals surface area (Å²) in [4.78, 5) is 22.2. The normalized spacial score (nSPS) is 11.6. The van der Waals surface area contributed by atoms with Crippen LogP contribution in [-0.4, -0.2) is 31.7 Å². The van der Waals surface area contributed by atoms with E-state index < -0.39 is 20.0 Å². The number of esters is 1. The van der Waals surface area contributed by atoms with Crippen molar-refractivity contribution >= 4 is 20.0 Å². The van der Waals surface area contributed by atoms with Crippen molar-refractivity contribution in [2.45, 2.75) is 193 Å². The molecule has 0 saturated carbocycles. The van der Waals surface area contributed by atoms with Gasteiger partial charge in [0.15, 0.2) is 0 Å². The first-order valence-corrected chi connectivity index (χ1v) is 20.3. The fraction of sp³-hybridized carbons (Fsp3) is 0.886. The minimum Gasteiger partial charge on any atom is -0.481 e. The molecule has 4 nitrogen and oxygen atoms in total. The summed E-state index contributed by atoms with van der Waals surface area (Å²) in [6.45, 7) is 11.0. The Balaban J connectivity index is 3.60. The molecule has 0 unspecified atom stereocenters. The lowest BCUT2D eigenvalue weighted by Crippen LogP contribution is -2.33. The third-order valence-corrected chi connectivity index (χ3v) is 14.3. The zero-order valence-corrected chi connectivity index (χ0v) is 28.2. The van der Waals surface area contributed by atoms with Crippen molar-refractivity contribution in [3.63, 3.8) is 0 Å². The Labute approximate surface area is 250 Å². The first-order chi connectivity index (χ1) is 19.4. The Morgan fingerprint density at radius 3 is 1.23 bits per heavy atom. The molecule has 0 atom stereocenters. The van der Waals surface area contributed by atoms with Crippen molar-refractivity contribution in [1.29, 1.82) is 0 Å². The molecule has 0 aliphatic rings. The first kappa shape index (κ1) is 38.9. The van der Waals surface area contributed by atoms with E-state index in [1.54, 1.807) is 24.2 Å². The number of unbranched alkanes of at least 4 members (excludes halogenated alkanes) is 18. The Morgan fingerprint density at radius 2 is 0.875 bits per heavy atom. The predicted molar refractivity (Wildman–Crippen MR) is 176 cm³/mol. The summed E-state index contributed by atoms with van der Waals surface area (Å²) in [5.41, 5.74) is 0.0172. The maximum Gasteiger partial charge on any atom is 0.333 e. The van der Waals surface area contributed by atoms with Gasteiger partial charge in [0.2, 0.25) is 0 Å². The average molecular weight is 581 g/mol. The van der Waals surface area contributed by atoms with Crippen LogP contribution >= 0.6 is 0 Å². The number of carbonyl (C=O) groups excluding carboxylic acids is 1. The molecular formula is C35H68O4Si. The molecule has 0 fully saturated rings. The maximum atomic E-state index is 11.6. The number of carboxylic acid groups (broad SMARTS) is 1. The van der Waals surface area contributed by atoms with Crippen LogP contribution in [0.15, 0.2) is 12.2 Å². The van der Waals surface area contributed by atoms with E-state index in [2.05, 4.69) is 27.4 Å². The highest BCUT2D eigenvalue weighted by atomic mass is 28.3. The van der Waals surface area contributed by atoms with Gasteiger partial charge in [0, 0.05) is 5.57 Å². The van der Waals surface area contributed by atoms with Gasteiger partial charge in [0.25, 0.3) is 0 Å². The Morgan fingerprint density at radius 1 is 0.550 bits per heavy atom. The van der Waals surface area contributed by atoms with Crippen LogP contribution in [0.5, 0.6) is 0 Å². The van der Waals surface area contributed by atoms with E-state index in [9.17, 15) is 9.59 Å². The van der Waals surface area contributed by atoms with Gasteiger partial charge < -0.3 is 9.84 Å². The van der Waals surface area contributed by atoms with Crippen LogP contribution in [0.4, 0.5) is 0 Å². The molecule has 0 saturated heterocycles. The molecule has 0 spiro atoms. The van der Waals surface area contributed by atoms with Crippen molar-refractivity contribution < 1.29 is 19.4 Å². The zero-order chi connectivity index (χ0) is 29.7. The zero-order valence-electron chi connectivity index (χ0n) is 27.2. The average Bonchev–Trinajstić information content (AvgIpc) is 2.94. The van der Waals surface area contributed by atoms with E-state index in [0.717, 1.165) is 12.8 Å². The van der Waals surface area contributed by atoms with Crippen LogP contribution in [-0.2, 0) is 14.3 Å². The lowest BCUT2D eigenvalue weighted by atomic mass is 10.0. The number of carboxylic acids is 1. The fourth-order valence-corrected chi connectivity index (χ4v) is 11.8. The molecule has 0 rings (SSSR count). The van der Waals surface area contributed by atoms with Gasteiger partial charge in [-0.05, 0) is 6.42 Å². The molecular weight excluding hydrogens is 512 g/mol. The van der Waals surface area contributed by atoms with Gasteiger partial charge >= 0.3 is 11.9 Å².